The summed E-state index contributed by atoms with van der Waals surface area (Å²) in [5, 5.41) is 8.60. The van der Waals surface area contributed by atoms with Crippen LogP contribution >= 0.6 is 0 Å². The molecular weight excluding hydrogens is 224 g/mol. The SMILES string of the molecule is Cc1nnc([C@@H]2CC[C@H](N)C2)n1-c1ccccc1. The van der Waals surface area contributed by atoms with Crippen molar-refractivity contribution in [3.05, 3.63) is 42.0 Å². The predicted octanol–water partition coefficient (Wildman–Crippen LogP) is 2.17. The van der Waals surface area contributed by atoms with Crippen LogP contribution in [0.1, 0.15) is 36.8 Å². The fraction of sp³-hybridized carbons (Fsp3) is 0.429. The molecule has 2 atom stereocenters. The van der Waals surface area contributed by atoms with Crippen LogP contribution in [0.2, 0.25) is 0 Å². The normalized spacial score (nSPS) is 23.4. The van der Waals surface area contributed by atoms with E-state index in [-0.39, 0.29) is 0 Å². The summed E-state index contributed by atoms with van der Waals surface area (Å²) in [6.45, 7) is 2.00. The second kappa shape index (κ2) is 4.53. The van der Waals surface area contributed by atoms with Crippen LogP contribution in [0.15, 0.2) is 30.3 Å². The molecule has 1 heterocycles. The molecule has 1 saturated carbocycles. The van der Waals surface area contributed by atoms with Gasteiger partial charge in [-0.15, -0.1) is 10.2 Å². The molecule has 4 nitrogen and oxygen atoms in total. The third-order valence-corrected chi connectivity index (χ3v) is 3.70. The molecule has 0 unspecified atom stereocenters. The fourth-order valence-electron chi connectivity index (χ4n) is 2.79. The molecule has 0 amide bonds. The quantitative estimate of drug-likeness (QED) is 0.878. The molecule has 1 fully saturated rings. The van der Waals surface area contributed by atoms with E-state index in [0.29, 0.717) is 12.0 Å². The molecule has 1 aromatic heterocycles. The summed E-state index contributed by atoms with van der Waals surface area (Å²) < 4.78 is 2.16. The van der Waals surface area contributed by atoms with Crippen LogP contribution in [0.5, 0.6) is 0 Å². The van der Waals surface area contributed by atoms with Crippen molar-refractivity contribution in [3.63, 3.8) is 0 Å². The number of rotatable bonds is 2. The Kier molecular flexibility index (Phi) is 2.88. The fourth-order valence-corrected chi connectivity index (χ4v) is 2.79. The monoisotopic (exact) mass is 242 g/mol. The molecule has 1 aliphatic carbocycles. The maximum absolute atomic E-state index is 6.00. The van der Waals surface area contributed by atoms with E-state index in [1.165, 1.54) is 0 Å². The van der Waals surface area contributed by atoms with E-state index in [4.69, 9.17) is 5.73 Å². The van der Waals surface area contributed by atoms with E-state index in [1.807, 2.05) is 25.1 Å². The van der Waals surface area contributed by atoms with E-state index >= 15 is 0 Å². The first kappa shape index (κ1) is 11.4. The van der Waals surface area contributed by atoms with Crippen LogP contribution < -0.4 is 5.73 Å². The van der Waals surface area contributed by atoms with Crippen LogP contribution in [0.4, 0.5) is 0 Å². The van der Waals surface area contributed by atoms with Gasteiger partial charge < -0.3 is 5.73 Å². The topological polar surface area (TPSA) is 56.7 Å². The van der Waals surface area contributed by atoms with E-state index in [9.17, 15) is 0 Å². The number of nitrogens with zero attached hydrogens (tertiary/aromatic N) is 3. The van der Waals surface area contributed by atoms with Gasteiger partial charge in [0.15, 0.2) is 0 Å². The molecule has 0 spiro atoms. The largest absolute Gasteiger partial charge is 0.328 e. The van der Waals surface area contributed by atoms with Crippen LogP contribution in [0.25, 0.3) is 5.69 Å². The molecular formula is C14H18N4. The highest BCUT2D eigenvalue weighted by molar-refractivity contribution is 5.34. The number of hydrogen-bond acceptors (Lipinski definition) is 3. The minimum Gasteiger partial charge on any atom is -0.328 e. The van der Waals surface area contributed by atoms with E-state index in [0.717, 1.165) is 36.6 Å². The lowest BCUT2D eigenvalue weighted by atomic mass is 10.1. The standard InChI is InChI=1S/C14H18N4/c1-10-16-17-14(11-7-8-12(15)9-11)18(10)13-5-3-2-4-6-13/h2-6,11-12H,7-9,15H2,1H3/t11-,12+/m1/s1. The van der Waals surface area contributed by atoms with Gasteiger partial charge in [-0.2, -0.15) is 0 Å². The van der Waals surface area contributed by atoms with Gasteiger partial charge in [0.2, 0.25) is 0 Å². The molecule has 4 heteroatoms. The maximum atomic E-state index is 6.00. The first-order chi connectivity index (χ1) is 8.75. The van der Waals surface area contributed by atoms with Crippen molar-refractivity contribution in [2.24, 2.45) is 5.73 Å². The van der Waals surface area contributed by atoms with Gasteiger partial charge in [0.25, 0.3) is 0 Å². The molecule has 2 N–H and O–H groups in total. The molecule has 3 rings (SSSR count). The molecule has 0 bridgehead atoms. The van der Waals surface area contributed by atoms with Gasteiger partial charge in [0.1, 0.15) is 11.6 Å². The van der Waals surface area contributed by atoms with Crippen LogP contribution in [0, 0.1) is 6.92 Å². The molecule has 2 aromatic rings. The number of nitrogens with two attached hydrogens (primary N) is 1. The Morgan fingerprint density at radius 2 is 1.94 bits per heavy atom. The number of aromatic nitrogens is 3. The third-order valence-electron chi connectivity index (χ3n) is 3.70. The van der Waals surface area contributed by atoms with Gasteiger partial charge in [0, 0.05) is 17.6 Å². The summed E-state index contributed by atoms with van der Waals surface area (Å²) >= 11 is 0. The summed E-state index contributed by atoms with van der Waals surface area (Å²) in [6, 6.07) is 10.6. The Morgan fingerprint density at radius 1 is 1.17 bits per heavy atom. The number of benzene rings is 1. The average molecular weight is 242 g/mol. The van der Waals surface area contributed by atoms with Crippen molar-refractivity contribution in [2.75, 3.05) is 0 Å². The molecule has 0 aliphatic heterocycles. The second-order valence-corrected chi connectivity index (χ2v) is 5.05. The second-order valence-electron chi connectivity index (χ2n) is 5.05. The van der Waals surface area contributed by atoms with E-state index in [1.54, 1.807) is 0 Å². The van der Waals surface area contributed by atoms with Crippen LogP contribution in [-0.4, -0.2) is 20.8 Å². The first-order valence-electron chi connectivity index (χ1n) is 6.48. The lowest BCUT2D eigenvalue weighted by Gasteiger charge is -2.13. The Hall–Kier alpha value is -1.68. The molecule has 1 aliphatic rings. The Balaban J connectivity index is 2.02. The van der Waals surface area contributed by atoms with Crippen molar-refractivity contribution in [1.29, 1.82) is 0 Å². The maximum Gasteiger partial charge on any atom is 0.140 e. The average Bonchev–Trinajstić information content (AvgIpc) is 2.96. The molecule has 94 valence electrons. The summed E-state index contributed by atoms with van der Waals surface area (Å²) in [6.07, 6.45) is 3.22. The van der Waals surface area contributed by atoms with Crippen molar-refractivity contribution < 1.29 is 0 Å². The number of hydrogen-bond donors (Lipinski definition) is 1. The van der Waals surface area contributed by atoms with Crippen molar-refractivity contribution >= 4 is 0 Å². The van der Waals surface area contributed by atoms with Gasteiger partial charge in [-0.05, 0) is 38.3 Å². The van der Waals surface area contributed by atoms with Gasteiger partial charge in [0.05, 0.1) is 0 Å². The number of aryl methyl sites for hydroxylation is 1. The molecule has 18 heavy (non-hydrogen) atoms. The smallest absolute Gasteiger partial charge is 0.140 e. The minimum atomic E-state index is 0.316. The third kappa shape index (κ3) is 1.93. The highest BCUT2D eigenvalue weighted by atomic mass is 15.3. The predicted molar refractivity (Wildman–Crippen MR) is 70.7 cm³/mol. The molecule has 1 aromatic carbocycles. The minimum absolute atomic E-state index is 0.316. The van der Waals surface area contributed by atoms with Gasteiger partial charge in [-0.3, -0.25) is 4.57 Å². The Morgan fingerprint density at radius 3 is 2.61 bits per heavy atom. The van der Waals surface area contributed by atoms with Gasteiger partial charge in [-0.1, -0.05) is 18.2 Å². The van der Waals surface area contributed by atoms with Gasteiger partial charge in [-0.25, -0.2) is 0 Å². The Labute approximate surface area is 107 Å². The number of para-hydroxylation sites is 1. The van der Waals surface area contributed by atoms with Crippen molar-refractivity contribution in [2.45, 2.75) is 38.1 Å². The Bertz CT molecular complexity index is 532. The van der Waals surface area contributed by atoms with E-state index in [2.05, 4.69) is 26.9 Å². The highest BCUT2D eigenvalue weighted by Crippen LogP contribution is 2.33. The summed E-state index contributed by atoms with van der Waals surface area (Å²) in [5.41, 5.74) is 7.14. The zero-order valence-electron chi connectivity index (χ0n) is 10.6. The summed E-state index contributed by atoms with van der Waals surface area (Å²) in [5.74, 6) is 2.45. The van der Waals surface area contributed by atoms with Crippen molar-refractivity contribution in [3.8, 4) is 5.69 Å². The lowest BCUT2D eigenvalue weighted by Crippen LogP contribution is -2.15. The highest BCUT2D eigenvalue weighted by Gasteiger charge is 2.28. The first-order valence-corrected chi connectivity index (χ1v) is 6.48. The lowest BCUT2D eigenvalue weighted by molar-refractivity contribution is 0.629. The molecule has 0 radical (unpaired) electrons. The van der Waals surface area contributed by atoms with Crippen LogP contribution in [-0.2, 0) is 0 Å². The summed E-state index contributed by atoms with van der Waals surface area (Å²) in [4.78, 5) is 0. The van der Waals surface area contributed by atoms with E-state index < -0.39 is 0 Å². The van der Waals surface area contributed by atoms with Crippen LogP contribution in [0.3, 0.4) is 0 Å². The zero-order valence-corrected chi connectivity index (χ0v) is 10.6. The zero-order chi connectivity index (χ0) is 12.5. The van der Waals surface area contributed by atoms with Gasteiger partial charge >= 0.3 is 0 Å². The molecule has 0 saturated heterocycles. The van der Waals surface area contributed by atoms with Crippen molar-refractivity contribution in [1.82, 2.24) is 14.8 Å². The summed E-state index contributed by atoms with van der Waals surface area (Å²) in [7, 11) is 0.